The maximum atomic E-state index is 13.4. The van der Waals surface area contributed by atoms with E-state index in [0.717, 1.165) is 11.6 Å². The fraction of sp³-hybridized carbons (Fsp3) is 0.217. The predicted octanol–water partition coefficient (Wildman–Crippen LogP) is 6.17. The first-order chi connectivity index (χ1) is 15.4. The second kappa shape index (κ2) is 9.12. The van der Waals surface area contributed by atoms with E-state index in [2.05, 4.69) is 4.98 Å². The summed E-state index contributed by atoms with van der Waals surface area (Å²) in [6.07, 6.45) is -2.88. The number of benzene rings is 2. The predicted molar refractivity (Wildman–Crippen MR) is 115 cm³/mol. The summed E-state index contributed by atoms with van der Waals surface area (Å²) in [6, 6.07) is 14.1. The van der Waals surface area contributed by atoms with Crippen molar-refractivity contribution in [2.75, 3.05) is 6.61 Å². The Balaban J connectivity index is 1.70. The molecule has 0 fully saturated rings. The number of hydrogen-bond acceptors (Lipinski definition) is 5. The average molecular weight is 460 g/mol. The molecule has 166 valence electrons. The van der Waals surface area contributed by atoms with E-state index >= 15 is 0 Å². The van der Waals surface area contributed by atoms with E-state index in [0.29, 0.717) is 28.5 Å². The number of alkyl halides is 3. The van der Waals surface area contributed by atoms with Crippen molar-refractivity contribution in [3.05, 3.63) is 83.3 Å². The number of aromatic nitrogens is 2. The van der Waals surface area contributed by atoms with Crippen LogP contribution in [0.4, 0.5) is 13.2 Å². The molecule has 0 unspecified atom stereocenters. The minimum Gasteiger partial charge on any atom is -0.467 e. The highest BCUT2D eigenvalue weighted by molar-refractivity contribution is 7.98. The van der Waals surface area contributed by atoms with Crippen LogP contribution < -0.4 is 0 Å². The van der Waals surface area contributed by atoms with Crippen molar-refractivity contribution < 1.29 is 27.1 Å². The Hall–Kier alpha value is -3.20. The molecule has 0 saturated carbocycles. The third kappa shape index (κ3) is 4.67. The molecular weight excluding hydrogens is 441 g/mol. The van der Waals surface area contributed by atoms with Gasteiger partial charge in [0.2, 0.25) is 0 Å². The lowest BCUT2D eigenvalue weighted by Crippen LogP contribution is -2.08. The number of esters is 1. The molecule has 0 atom stereocenters. The number of halogens is 3. The van der Waals surface area contributed by atoms with Gasteiger partial charge in [-0.1, -0.05) is 30.0 Å². The van der Waals surface area contributed by atoms with E-state index in [1.807, 2.05) is 10.6 Å². The maximum Gasteiger partial charge on any atom is 0.416 e. The molecule has 4 rings (SSSR count). The third-order valence-electron chi connectivity index (χ3n) is 4.80. The lowest BCUT2D eigenvalue weighted by molar-refractivity contribution is -0.138. The molecule has 5 nitrogen and oxygen atoms in total. The molecule has 0 aliphatic heterocycles. The molecule has 0 spiro atoms. The molecule has 32 heavy (non-hydrogen) atoms. The molecular formula is C23H19F3N2O3S. The molecule has 2 aromatic carbocycles. The normalized spacial score (nSPS) is 11.8. The minimum absolute atomic E-state index is 0.0852. The summed E-state index contributed by atoms with van der Waals surface area (Å²) < 4.78 is 52.5. The smallest absolute Gasteiger partial charge is 0.416 e. The number of thioether (sulfide) groups is 1. The Kier molecular flexibility index (Phi) is 6.27. The van der Waals surface area contributed by atoms with Gasteiger partial charge < -0.3 is 13.7 Å². The van der Waals surface area contributed by atoms with Crippen LogP contribution in [0.5, 0.6) is 0 Å². The number of hydrogen-bond donors (Lipinski definition) is 0. The Labute approximate surface area is 186 Å². The molecule has 0 amide bonds. The van der Waals surface area contributed by atoms with Crippen LogP contribution in [0.25, 0.3) is 11.0 Å². The zero-order valence-electron chi connectivity index (χ0n) is 17.1. The van der Waals surface area contributed by atoms with Crippen molar-refractivity contribution in [1.29, 1.82) is 0 Å². The fourth-order valence-electron chi connectivity index (χ4n) is 3.34. The number of ether oxygens (including phenoxy) is 1. The van der Waals surface area contributed by atoms with Crippen molar-refractivity contribution in [3.63, 3.8) is 0 Å². The lowest BCUT2D eigenvalue weighted by atomic mass is 10.1. The molecule has 2 heterocycles. The van der Waals surface area contributed by atoms with Crippen LogP contribution in [0.3, 0.4) is 0 Å². The molecule has 0 N–H and O–H groups in total. The van der Waals surface area contributed by atoms with Crippen LogP contribution in [-0.2, 0) is 23.2 Å². The number of rotatable bonds is 7. The first kappa shape index (κ1) is 22.0. The van der Waals surface area contributed by atoms with Gasteiger partial charge in [-0.2, -0.15) is 13.2 Å². The second-order valence-corrected chi connectivity index (χ2v) is 7.87. The maximum absolute atomic E-state index is 13.4. The standard InChI is InChI=1S/C23H19F3N2O3S/c1-2-30-21(29)15-9-10-20-19(12-15)27-22(28(20)13-17-7-5-11-31-17)32-14-16-6-3-4-8-18(16)23(24,25)26/h3-12H,2,13-14H2,1H3. The molecule has 0 aliphatic carbocycles. The van der Waals surface area contributed by atoms with E-state index < -0.39 is 17.7 Å². The van der Waals surface area contributed by atoms with Gasteiger partial charge in [0.05, 0.1) is 41.6 Å². The molecule has 0 aliphatic rings. The number of carbonyl (C=O) groups excluding carboxylic acids is 1. The molecule has 0 bridgehead atoms. The first-order valence-electron chi connectivity index (χ1n) is 9.84. The third-order valence-corrected chi connectivity index (χ3v) is 5.82. The van der Waals surface area contributed by atoms with Crippen molar-refractivity contribution >= 4 is 28.8 Å². The van der Waals surface area contributed by atoms with Crippen molar-refractivity contribution in [1.82, 2.24) is 9.55 Å². The van der Waals surface area contributed by atoms with E-state index in [1.165, 1.54) is 23.9 Å². The zero-order valence-corrected chi connectivity index (χ0v) is 17.9. The molecule has 0 saturated heterocycles. The van der Waals surface area contributed by atoms with Crippen molar-refractivity contribution in [2.45, 2.75) is 30.6 Å². The van der Waals surface area contributed by atoms with Crippen LogP contribution in [0, 0.1) is 0 Å². The molecule has 4 aromatic rings. The van der Waals surface area contributed by atoms with Gasteiger partial charge in [0.25, 0.3) is 0 Å². The number of imidazole rings is 1. The number of fused-ring (bicyclic) bond motifs is 1. The van der Waals surface area contributed by atoms with Gasteiger partial charge in [0, 0.05) is 5.75 Å². The number of nitrogens with zero attached hydrogens (tertiary/aromatic N) is 2. The lowest BCUT2D eigenvalue weighted by Gasteiger charge is -2.12. The summed E-state index contributed by atoms with van der Waals surface area (Å²) in [4.78, 5) is 16.7. The van der Waals surface area contributed by atoms with Gasteiger partial charge in [-0.05, 0) is 48.9 Å². The van der Waals surface area contributed by atoms with Crippen LogP contribution in [0.1, 0.15) is 34.2 Å². The Morgan fingerprint density at radius 2 is 1.97 bits per heavy atom. The van der Waals surface area contributed by atoms with Gasteiger partial charge >= 0.3 is 12.1 Å². The first-order valence-corrected chi connectivity index (χ1v) is 10.8. The summed E-state index contributed by atoms with van der Waals surface area (Å²) in [5.74, 6) is 0.307. The summed E-state index contributed by atoms with van der Waals surface area (Å²) in [7, 11) is 0. The highest BCUT2D eigenvalue weighted by atomic mass is 32.2. The van der Waals surface area contributed by atoms with Crippen LogP contribution in [0.2, 0.25) is 0 Å². The molecule has 0 radical (unpaired) electrons. The highest BCUT2D eigenvalue weighted by Crippen LogP contribution is 2.35. The minimum atomic E-state index is -4.43. The van der Waals surface area contributed by atoms with Gasteiger partial charge in [-0.3, -0.25) is 0 Å². The van der Waals surface area contributed by atoms with Gasteiger partial charge in [0.15, 0.2) is 5.16 Å². The zero-order chi connectivity index (χ0) is 22.7. The SMILES string of the molecule is CCOC(=O)c1ccc2c(c1)nc(SCc1ccccc1C(F)(F)F)n2Cc1ccco1. The van der Waals surface area contributed by atoms with E-state index in [1.54, 1.807) is 43.5 Å². The highest BCUT2D eigenvalue weighted by Gasteiger charge is 2.33. The van der Waals surface area contributed by atoms with Crippen molar-refractivity contribution in [3.8, 4) is 0 Å². The van der Waals surface area contributed by atoms with Gasteiger partial charge in [-0.25, -0.2) is 9.78 Å². The topological polar surface area (TPSA) is 57.3 Å². The summed E-state index contributed by atoms with van der Waals surface area (Å²) in [6.45, 7) is 2.33. The van der Waals surface area contributed by atoms with Crippen LogP contribution >= 0.6 is 11.8 Å². The number of carbonyl (C=O) groups is 1. The molecule has 9 heteroatoms. The Bertz CT molecular complexity index is 1230. The summed E-state index contributed by atoms with van der Waals surface area (Å²) in [5.41, 5.74) is 1.16. The average Bonchev–Trinajstić information content (AvgIpc) is 3.40. The van der Waals surface area contributed by atoms with E-state index in [4.69, 9.17) is 9.15 Å². The van der Waals surface area contributed by atoms with Crippen LogP contribution in [0.15, 0.2) is 70.4 Å². The monoisotopic (exact) mass is 460 g/mol. The van der Waals surface area contributed by atoms with Crippen LogP contribution in [-0.4, -0.2) is 22.1 Å². The Morgan fingerprint density at radius 3 is 2.69 bits per heavy atom. The largest absolute Gasteiger partial charge is 0.467 e. The van der Waals surface area contributed by atoms with Gasteiger partial charge in [-0.15, -0.1) is 0 Å². The summed E-state index contributed by atoms with van der Waals surface area (Å²) in [5, 5.41) is 0.523. The second-order valence-electron chi connectivity index (χ2n) is 6.93. The Morgan fingerprint density at radius 1 is 1.16 bits per heavy atom. The molecule has 2 aromatic heterocycles. The van der Waals surface area contributed by atoms with E-state index in [-0.39, 0.29) is 17.9 Å². The van der Waals surface area contributed by atoms with Crippen molar-refractivity contribution in [2.24, 2.45) is 0 Å². The fourth-order valence-corrected chi connectivity index (χ4v) is 4.35. The summed E-state index contributed by atoms with van der Waals surface area (Å²) >= 11 is 1.20. The van der Waals surface area contributed by atoms with E-state index in [9.17, 15) is 18.0 Å². The number of furan rings is 1. The quantitative estimate of drug-likeness (QED) is 0.244. The van der Waals surface area contributed by atoms with Gasteiger partial charge in [0.1, 0.15) is 5.76 Å².